The van der Waals surface area contributed by atoms with Crippen molar-refractivity contribution < 1.29 is 4.79 Å². The Morgan fingerprint density at radius 2 is 1.80 bits per heavy atom. The summed E-state index contributed by atoms with van der Waals surface area (Å²) in [4.78, 5) is 21.5. The van der Waals surface area contributed by atoms with Crippen molar-refractivity contribution in [1.82, 2.24) is 15.3 Å². The molecule has 4 nitrogen and oxygen atoms in total. The molecule has 0 aliphatic carbocycles. The number of rotatable bonds is 5. The Morgan fingerprint density at radius 3 is 2.57 bits per heavy atom. The largest absolute Gasteiger partial charge is 0.345 e. The van der Waals surface area contributed by atoms with E-state index in [2.05, 4.69) is 47.3 Å². The van der Waals surface area contributed by atoms with Crippen LogP contribution < -0.4 is 5.32 Å². The van der Waals surface area contributed by atoms with Crippen molar-refractivity contribution in [2.75, 3.05) is 0 Å². The van der Waals surface area contributed by atoms with Crippen LogP contribution in [0.3, 0.4) is 0 Å². The maximum absolute atomic E-state index is 13.0. The first kappa shape index (κ1) is 20.0. The average Bonchev–Trinajstić information content (AvgIpc) is 2.73. The molecule has 30 heavy (non-hydrogen) atoms. The summed E-state index contributed by atoms with van der Waals surface area (Å²) in [6.45, 7) is 4.15. The fraction of sp³-hybridized carbons (Fsp3) is 0.160. The Balaban J connectivity index is 1.60. The quantitative estimate of drug-likeness (QED) is 0.478. The third-order valence-electron chi connectivity index (χ3n) is 5.12. The van der Waals surface area contributed by atoms with E-state index in [-0.39, 0.29) is 18.4 Å². The minimum absolute atomic E-state index is 0.0573. The SMILES string of the molecule is Cc1ccc(C(NC(=O)Cc2ccc3ncc(Cl)nc3c2)c2ccccc2)c(C)c1. The monoisotopic (exact) mass is 415 g/mol. The minimum Gasteiger partial charge on any atom is -0.345 e. The molecule has 150 valence electrons. The zero-order chi connectivity index (χ0) is 21.1. The van der Waals surface area contributed by atoms with Gasteiger partial charge in [0.1, 0.15) is 5.15 Å². The lowest BCUT2D eigenvalue weighted by Crippen LogP contribution is -2.31. The highest BCUT2D eigenvalue weighted by Gasteiger charge is 2.19. The van der Waals surface area contributed by atoms with Gasteiger partial charge in [-0.1, -0.05) is 71.8 Å². The number of nitrogens with one attached hydrogen (secondary N) is 1. The number of carbonyl (C=O) groups excluding carboxylic acids is 1. The molecule has 1 amide bonds. The van der Waals surface area contributed by atoms with Crippen molar-refractivity contribution in [1.29, 1.82) is 0 Å². The molecule has 0 aliphatic heterocycles. The lowest BCUT2D eigenvalue weighted by Gasteiger charge is -2.22. The van der Waals surface area contributed by atoms with Crippen LogP contribution in [0.4, 0.5) is 0 Å². The van der Waals surface area contributed by atoms with Gasteiger partial charge in [0, 0.05) is 0 Å². The van der Waals surface area contributed by atoms with Gasteiger partial charge in [-0.25, -0.2) is 4.98 Å². The zero-order valence-electron chi connectivity index (χ0n) is 16.9. The summed E-state index contributed by atoms with van der Waals surface area (Å²) < 4.78 is 0. The van der Waals surface area contributed by atoms with Gasteiger partial charge in [-0.05, 0) is 48.2 Å². The third-order valence-corrected chi connectivity index (χ3v) is 5.30. The van der Waals surface area contributed by atoms with Crippen molar-refractivity contribution in [3.63, 3.8) is 0 Å². The highest BCUT2D eigenvalue weighted by atomic mass is 35.5. The number of hydrogen-bond acceptors (Lipinski definition) is 3. The van der Waals surface area contributed by atoms with Crippen LogP contribution in [0.1, 0.15) is 33.9 Å². The van der Waals surface area contributed by atoms with Gasteiger partial charge in [0.2, 0.25) is 5.91 Å². The maximum atomic E-state index is 13.0. The molecule has 0 saturated carbocycles. The molecule has 1 aromatic heterocycles. The molecule has 1 N–H and O–H groups in total. The van der Waals surface area contributed by atoms with Gasteiger partial charge in [-0.3, -0.25) is 9.78 Å². The van der Waals surface area contributed by atoms with Gasteiger partial charge < -0.3 is 5.32 Å². The smallest absolute Gasteiger partial charge is 0.225 e. The van der Waals surface area contributed by atoms with E-state index in [0.29, 0.717) is 10.7 Å². The van der Waals surface area contributed by atoms with Crippen molar-refractivity contribution in [3.05, 3.63) is 106 Å². The van der Waals surface area contributed by atoms with Crippen LogP contribution in [0.2, 0.25) is 5.15 Å². The lowest BCUT2D eigenvalue weighted by molar-refractivity contribution is -0.120. The minimum atomic E-state index is -0.214. The molecule has 0 aliphatic rings. The van der Waals surface area contributed by atoms with Gasteiger partial charge in [0.15, 0.2) is 0 Å². The van der Waals surface area contributed by atoms with E-state index < -0.39 is 0 Å². The predicted molar refractivity (Wildman–Crippen MR) is 121 cm³/mol. The second-order valence-electron chi connectivity index (χ2n) is 7.46. The molecule has 3 aromatic carbocycles. The number of halogens is 1. The standard InChI is InChI=1S/C25H22ClN3O/c1-16-8-10-20(17(2)12-16)25(19-6-4-3-5-7-19)29-24(30)14-18-9-11-21-22(13-18)28-23(26)15-27-21/h3-13,15,25H,14H2,1-2H3,(H,29,30). The molecule has 0 saturated heterocycles. The van der Waals surface area contributed by atoms with Crippen LogP contribution in [0, 0.1) is 13.8 Å². The molecule has 4 rings (SSSR count). The molecule has 0 spiro atoms. The number of hydrogen-bond donors (Lipinski definition) is 1. The normalized spacial score (nSPS) is 12.0. The number of amides is 1. The van der Waals surface area contributed by atoms with Crippen molar-refractivity contribution in [2.45, 2.75) is 26.3 Å². The van der Waals surface area contributed by atoms with E-state index in [1.165, 1.54) is 11.8 Å². The lowest BCUT2D eigenvalue weighted by atomic mass is 9.93. The molecule has 1 heterocycles. The summed E-state index contributed by atoms with van der Waals surface area (Å²) in [6.07, 6.45) is 1.77. The Hall–Kier alpha value is -3.24. The Labute approximate surface area is 181 Å². The number of fused-ring (bicyclic) bond motifs is 1. The first-order valence-electron chi connectivity index (χ1n) is 9.82. The van der Waals surface area contributed by atoms with E-state index in [0.717, 1.165) is 27.8 Å². The highest BCUT2D eigenvalue weighted by Crippen LogP contribution is 2.26. The molecule has 0 bridgehead atoms. The van der Waals surface area contributed by atoms with Gasteiger partial charge in [0.25, 0.3) is 0 Å². The number of nitrogens with zero attached hydrogens (tertiary/aromatic N) is 2. The van der Waals surface area contributed by atoms with Crippen molar-refractivity contribution >= 4 is 28.5 Å². The topological polar surface area (TPSA) is 54.9 Å². The summed E-state index contributed by atoms with van der Waals surface area (Å²) >= 11 is 5.95. The average molecular weight is 416 g/mol. The number of aromatic nitrogens is 2. The van der Waals surface area contributed by atoms with Crippen LogP contribution in [0.5, 0.6) is 0 Å². The van der Waals surface area contributed by atoms with Crippen molar-refractivity contribution in [2.24, 2.45) is 0 Å². The van der Waals surface area contributed by atoms with E-state index in [1.807, 2.05) is 48.5 Å². The zero-order valence-corrected chi connectivity index (χ0v) is 17.6. The van der Waals surface area contributed by atoms with Gasteiger partial charge in [0.05, 0.1) is 29.7 Å². The van der Waals surface area contributed by atoms with Crippen LogP contribution in [-0.4, -0.2) is 15.9 Å². The number of benzene rings is 3. The molecule has 0 fully saturated rings. The summed E-state index contributed by atoms with van der Waals surface area (Å²) in [6, 6.07) is 21.8. The van der Waals surface area contributed by atoms with Crippen LogP contribution in [0.15, 0.2) is 72.9 Å². The Bertz CT molecular complexity index is 1210. The fourth-order valence-corrected chi connectivity index (χ4v) is 3.82. The second-order valence-corrected chi connectivity index (χ2v) is 7.85. The van der Waals surface area contributed by atoms with Crippen LogP contribution >= 0.6 is 11.6 Å². The number of aryl methyl sites for hydroxylation is 2. The first-order chi connectivity index (χ1) is 14.5. The highest BCUT2D eigenvalue weighted by molar-refractivity contribution is 6.29. The Kier molecular flexibility index (Phi) is 5.77. The van der Waals surface area contributed by atoms with Gasteiger partial charge in [-0.2, -0.15) is 0 Å². The third kappa shape index (κ3) is 4.50. The van der Waals surface area contributed by atoms with E-state index >= 15 is 0 Å². The first-order valence-corrected chi connectivity index (χ1v) is 10.2. The maximum Gasteiger partial charge on any atom is 0.225 e. The van der Waals surface area contributed by atoms with E-state index in [9.17, 15) is 4.79 Å². The van der Waals surface area contributed by atoms with Gasteiger partial charge in [-0.15, -0.1) is 0 Å². The fourth-order valence-electron chi connectivity index (χ4n) is 3.68. The number of carbonyl (C=O) groups is 1. The summed E-state index contributed by atoms with van der Waals surface area (Å²) in [7, 11) is 0. The summed E-state index contributed by atoms with van der Waals surface area (Å²) in [5, 5.41) is 3.55. The molecule has 0 radical (unpaired) electrons. The Morgan fingerprint density at radius 1 is 1.00 bits per heavy atom. The molecule has 1 unspecified atom stereocenters. The second kappa shape index (κ2) is 8.64. The van der Waals surface area contributed by atoms with Crippen LogP contribution in [-0.2, 0) is 11.2 Å². The van der Waals surface area contributed by atoms with Gasteiger partial charge >= 0.3 is 0 Å². The molecule has 5 heteroatoms. The van der Waals surface area contributed by atoms with Crippen molar-refractivity contribution in [3.8, 4) is 0 Å². The van der Waals surface area contributed by atoms with Crippen LogP contribution in [0.25, 0.3) is 11.0 Å². The molecule has 1 atom stereocenters. The molecular weight excluding hydrogens is 394 g/mol. The summed E-state index contributed by atoms with van der Waals surface area (Å²) in [5.41, 5.74) is 6.79. The predicted octanol–water partition coefficient (Wildman–Crippen LogP) is 5.35. The van der Waals surface area contributed by atoms with E-state index in [4.69, 9.17) is 11.6 Å². The molecule has 4 aromatic rings. The molecular formula is C25H22ClN3O. The van der Waals surface area contributed by atoms with E-state index in [1.54, 1.807) is 0 Å². The summed E-state index contributed by atoms with van der Waals surface area (Å²) in [5.74, 6) is -0.0573.